The van der Waals surface area contributed by atoms with Crippen molar-refractivity contribution in [3.63, 3.8) is 0 Å². The molecule has 10 aromatic rings. The second-order valence-corrected chi connectivity index (χ2v) is 30.2. The predicted octanol–water partition coefficient (Wildman–Crippen LogP) is 16.6. The fourth-order valence-electron chi connectivity index (χ4n) is 11.2. The molecule has 0 unspecified atom stereocenters. The maximum atomic E-state index is 16.0. The molecule has 12 nitrogen and oxygen atoms in total. The van der Waals surface area contributed by atoms with E-state index in [0.29, 0.717) is 119 Å². The quantitative estimate of drug-likeness (QED) is 0.0120. The van der Waals surface area contributed by atoms with Gasteiger partial charge in [0.15, 0.2) is 46.5 Å². The number of benzene rings is 10. The average Bonchev–Trinajstić information content (AvgIpc) is 0.680. The number of para-hydroxylation sites is 6. The van der Waals surface area contributed by atoms with E-state index in [1.165, 1.54) is 0 Å². The molecule has 0 bridgehead atoms. The monoisotopic (exact) mass is 1790 g/mol. The molecule has 34 heteroatoms. The minimum absolute atomic E-state index is 0.367. The Kier molecular flexibility index (Phi) is 34.9. The van der Waals surface area contributed by atoms with Crippen LogP contribution in [0.5, 0.6) is 34.5 Å². The van der Waals surface area contributed by atoms with Gasteiger partial charge in [0.25, 0.3) is 0 Å². The molecule has 0 fully saturated rings. The van der Waals surface area contributed by atoms with E-state index >= 15 is 35.1 Å². The summed E-state index contributed by atoms with van der Waals surface area (Å²) < 4.78 is 257. The maximum absolute atomic E-state index is 16.0. The zero-order valence-electron chi connectivity index (χ0n) is 58.3. The fourth-order valence-corrected chi connectivity index (χ4v) is 18.2. The molecule has 10 aromatic carbocycles. The van der Waals surface area contributed by atoms with Gasteiger partial charge in [-0.05, 0) is 36.4 Å². The Bertz CT molecular complexity index is 4140. The molecule has 0 N–H and O–H groups in total. The molecule has 0 radical (unpaired) electrons. The van der Waals surface area contributed by atoms with Crippen molar-refractivity contribution in [2.75, 3.05) is 119 Å². The Morgan fingerprint density at radius 1 is 0.205 bits per heavy atom. The molecule has 112 heavy (non-hydrogen) atoms. The van der Waals surface area contributed by atoms with Crippen molar-refractivity contribution in [1.29, 1.82) is 0 Å². The van der Waals surface area contributed by atoms with Crippen molar-refractivity contribution in [2.24, 2.45) is 0 Å². The molecule has 10 rings (SSSR count). The van der Waals surface area contributed by atoms with Crippen LogP contribution in [0.4, 0.5) is 52.7 Å². The van der Waals surface area contributed by atoms with Crippen LogP contribution in [0, 0.1) is 69.8 Å². The van der Waals surface area contributed by atoms with Crippen LogP contribution >= 0.6 is 92.8 Å². The molecule has 0 heterocycles. The van der Waals surface area contributed by atoms with Gasteiger partial charge in [-0.3, -0.25) is 0 Å². The van der Waals surface area contributed by atoms with Crippen LogP contribution in [0.2, 0.25) is 40.2 Å². The third-order valence-corrected chi connectivity index (χ3v) is 24.5. The first-order valence-corrected chi connectivity index (χ1v) is 39.3. The Labute approximate surface area is 680 Å². The van der Waals surface area contributed by atoms with Crippen molar-refractivity contribution < 1.29 is 110 Å². The number of rotatable bonds is 40. The van der Waals surface area contributed by atoms with Gasteiger partial charge in [-0.25, -0.2) is 52.7 Å². The van der Waals surface area contributed by atoms with E-state index < -0.39 is 152 Å². The molecule has 596 valence electrons. The first-order chi connectivity index (χ1) is 54.1. The molecule has 0 saturated carbocycles. The number of hydrogen-bond donors (Lipinski definition) is 0. The van der Waals surface area contributed by atoms with Crippen molar-refractivity contribution in [1.82, 2.24) is 0 Å². The minimum atomic E-state index is -5.62. The van der Waals surface area contributed by atoms with Crippen LogP contribution in [0.25, 0.3) is 0 Å². The molecule has 0 aliphatic rings. The van der Waals surface area contributed by atoms with Gasteiger partial charge in [0.1, 0.15) is 46.7 Å². The van der Waals surface area contributed by atoms with E-state index in [1.807, 2.05) is 127 Å². The van der Waals surface area contributed by atoms with E-state index in [1.54, 1.807) is 0 Å². The van der Waals surface area contributed by atoms with Gasteiger partial charge in [-0.2, -0.15) is 0 Å². The summed E-state index contributed by atoms with van der Waals surface area (Å²) in [5.74, 6) is -26.4. The summed E-state index contributed by atoms with van der Waals surface area (Å²) in [7, 11) is 0. The van der Waals surface area contributed by atoms with Crippen molar-refractivity contribution in [3.05, 3.63) is 274 Å². The van der Waals surface area contributed by atoms with Crippen LogP contribution in [0.1, 0.15) is 0 Å². The van der Waals surface area contributed by atoms with E-state index in [0.717, 1.165) is 47.9 Å². The molecule has 0 aliphatic heterocycles. The van der Waals surface area contributed by atoms with Gasteiger partial charge in [0, 0.05) is 20.1 Å². The Morgan fingerprint density at radius 3 is 0.616 bits per heavy atom. The van der Waals surface area contributed by atoms with Gasteiger partial charge in [0.05, 0.1) is 20.1 Å². The number of ether oxygens (including phenoxy) is 12. The third-order valence-electron chi connectivity index (χ3n) is 16.2. The van der Waals surface area contributed by atoms with Gasteiger partial charge in [-0.1, -0.05) is 147 Å². The first-order valence-electron chi connectivity index (χ1n) is 33.7. The molecular formula is C78H63BCl8F12O12Se. The van der Waals surface area contributed by atoms with Crippen LogP contribution in [-0.2, 0) is 28.4 Å². The first kappa shape index (κ1) is 88.8. The van der Waals surface area contributed by atoms with Crippen LogP contribution in [-0.4, -0.2) is 139 Å². The van der Waals surface area contributed by atoms with Crippen molar-refractivity contribution >= 4 is 148 Å². The second kappa shape index (κ2) is 44.1. The van der Waals surface area contributed by atoms with Gasteiger partial charge in [0.2, 0.25) is 0 Å². The number of halogens is 20. The van der Waals surface area contributed by atoms with Gasteiger partial charge in [-0.15, -0.1) is 21.9 Å². The summed E-state index contributed by atoms with van der Waals surface area (Å²) in [6, 6.07) is 53.7. The Balaban J connectivity index is 0.000000278. The molecule has 0 aliphatic carbocycles. The van der Waals surface area contributed by atoms with Gasteiger partial charge >= 0.3 is 293 Å². The van der Waals surface area contributed by atoms with Crippen LogP contribution in [0.3, 0.4) is 0 Å². The van der Waals surface area contributed by atoms with Crippen LogP contribution in [0.15, 0.2) is 164 Å². The van der Waals surface area contributed by atoms with E-state index in [2.05, 4.69) is 36.4 Å². The standard InChI is InChI=1S/C54H63O12Se.C24BCl8F12/c1-4-16-46(17-5-1)61-40-34-55-28-31-58-37-43-64-49-22-10-13-25-52(49)67(53-26-14-11-23-50(53)65-44-38-59-32-29-56-35-41-62-47-18-6-2-7-19-47)54-27-15-12-24-51(54)66-45-39-60-33-30-57-36-42-63-48-20-8-3-9-21-48;26-5-1(13(34)21(42)17(38)9(5)30)25(2-6(27)10(31)18(39)22(43)14(2)35,3-7(28)11(32)19(40)23(44)15(3)36)4-8(29)12(33)20(41)24(45)16(4)37/h1-27H,28-45H2;/q+1;-1. The normalized spacial score (nSPS) is 11.4. The SMILES string of the molecule is Fc1c(F)c(Cl)c(Cl)c([B-](c2c(F)c(F)c(F)c(Cl)c2Cl)(c2c(F)c(F)c(F)c(Cl)c2Cl)c2c(F)c(F)c(F)c(Cl)c2Cl)c1F.c1ccc(OCCOCCOCCOc2ccccc2[Se+](c2ccccc2OCCOCCOCCOc2ccccc2)c2ccccc2OCCOCCOCCOc2ccccc2)cc1. The summed E-state index contributed by atoms with van der Waals surface area (Å²) in [6.45, 7) is 7.90. The van der Waals surface area contributed by atoms with Crippen LogP contribution < -0.4 is 63.7 Å². The summed E-state index contributed by atoms with van der Waals surface area (Å²) in [5, 5.41) is -13.9. The summed E-state index contributed by atoms with van der Waals surface area (Å²) >= 11 is 44.5. The second-order valence-electron chi connectivity index (χ2n) is 23.2. The molecule has 0 spiro atoms. The topological polar surface area (TPSA) is 111 Å². The molecule has 0 amide bonds. The molecule has 0 aromatic heterocycles. The Hall–Kier alpha value is -7.18. The van der Waals surface area contributed by atoms with E-state index in [4.69, 9.17) is 150 Å². The smallest absolute Gasteiger partial charge is 0.0620 e. The van der Waals surface area contributed by atoms with Crippen molar-refractivity contribution in [3.8, 4) is 34.5 Å². The number of hydrogen-bond acceptors (Lipinski definition) is 12. The summed E-state index contributed by atoms with van der Waals surface area (Å²) in [5.41, 5.74) is -8.47. The molecular weight excluding hydrogens is 1730 g/mol. The van der Waals surface area contributed by atoms with E-state index in [-0.39, 0.29) is 0 Å². The molecule has 0 atom stereocenters. The zero-order valence-corrected chi connectivity index (χ0v) is 66.0. The predicted molar refractivity (Wildman–Crippen MR) is 411 cm³/mol. The average molecular weight is 1790 g/mol. The Morgan fingerprint density at radius 2 is 0.393 bits per heavy atom. The third kappa shape index (κ3) is 21.9. The molecule has 0 saturated heterocycles. The van der Waals surface area contributed by atoms with E-state index in [9.17, 15) is 17.6 Å². The van der Waals surface area contributed by atoms with Crippen molar-refractivity contribution in [2.45, 2.75) is 0 Å². The minimum Gasteiger partial charge on any atom is -0.0620 e. The zero-order chi connectivity index (χ0) is 80.4. The van der Waals surface area contributed by atoms with Gasteiger partial charge < -0.3 is 0 Å². The summed E-state index contributed by atoms with van der Waals surface area (Å²) in [6.07, 6.45) is -5.62. The fraction of sp³-hybridized carbons (Fsp3) is 0.231. The summed E-state index contributed by atoms with van der Waals surface area (Å²) in [4.78, 5) is 0.